The predicted molar refractivity (Wildman–Crippen MR) is 37.6 cm³/mol. The molecule has 0 fully saturated rings. The maximum atomic E-state index is 8.15. The number of thioether (sulfide) groups is 1. The van der Waals surface area contributed by atoms with Crippen LogP contribution in [0.4, 0.5) is 0 Å². The molecule has 0 rings (SSSR count). The first-order valence-corrected chi connectivity index (χ1v) is 3.40. The summed E-state index contributed by atoms with van der Waals surface area (Å²) in [4.78, 5) is 0. The summed E-state index contributed by atoms with van der Waals surface area (Å²) in [6, 6.07) is 0. The topological polar surface area (TPSA) is 32.6 Å². The van der Waals surface area contributed by atoms with Crippen molar-refractivity contribution in [2.45, 2.75) is 26.0 Å². The third-order valence-corrected chi connectivity index (χ3v) is 1.44. The average Bonchev–Trinajstić information content (AvgIpc) is 1.65. The van der Waals surface area contributed by atoms with Crippen molar-refractivity contribution in [1.29, 1.82) is 0 Å². The molecule has 48 valence electrons. The van der Waals surface area contributed by atoms with E-state index in [0.717, 1.165) is 5.04 Å². The zero-order valence-electron chi connectivity index (χ0n) is 5.38. The normalized spacial score (nSPS) is 12.8. The first kappa shape index (κ1) is 7.82. The molecule has 2 nitrogen and oxygen atoms in total. The lowest BCUT2D eigenvalue weighted by atomic mass is 10.6. The van der Waals surface area contributed by atoms with Gasteiger partial charge in [-0.1, -0.05) is 19.0 Å². The van der Waals surface area contributed by atoms with Gasteiger partial charge in [0.25, 0.3) is 0 Å². The van der Waals surface area contributed by atoms with Gasteiger partial charge in [-0.25, -0.2) is 0 Å². The second kappa shape index (κ2) is 3.78. The van der Waals surface area contributed by atoms with Gasteiger partial charge < -0.3 is 5.21 Å². The van der Waals surface area contributed by atoms with Crippen LogP contribution in [0.3, 0.4) is 0 Å². The summed E-state index contributed by atoms with van der Waals surface area (Å²) in [5.74, 6) is 0. The van der Waals surface area contributed by atoms with Crippen molar-refractivity contribution in [2.75, 3.05) is 0 Å². The van der Waals surface area contributed by atoms with Crippen LogP contribution in [-0.2, 0) is 0 Å². The summed E-state index contributed by atoms with van der Waals surface area (Å²) < 4.78 is 0. The fraction of sp³-hybridized carbons (Fsp3) is 0.800. The molecule has 0 unspecified atom stereocenters. The van der Waals surface area contributed by atoms with E-state index >= 15 is 0 Å². The van der Waals surface area contributed by atoms with E-state index in [4.69, 9.17) is 5.21 Å². The SMILES string of the molecule is C/C(=N/O)SC(C)C. The average molecular weight is 133 g/mol. The predicted octanol–water partition coefficient (Wildman–Crippen LogP) is 1.94. The minimum absolute atomic E-state index is 0.505. The van der Waals surface area contributed by atoms with Crippen molar-refractivity contribution in [2.24, 2.45) is 5.16 Å². The molecule has 0 aliphatic carbocycles. The molecule has 0 radical (unpaired) electrons. The van der Waals surface area contributed by atoms with Gasteiger partial charge in [0.05, 0.1) is 0 Å². The van der Waals surface area contributed by atoms with E-state index in [1.54, 1.807) is 18.7 Å². The molecule has 0 bridgehead atoms. The second-order valence-electron chi connectivity index (χ2n) is 1.79. The van der Waals surface area contributed by atoms with Gasteiger partial charge in [-0.15, -0.1) is 11.8 Å². The van der Waals surface area contributed by atoms with Crippen molar-refractivity contribution < 1.29 is 5.21 Å². The molecule has 0 aromatic rings. The highest BCUT2D eigenvalue weighted by Crippen LogP contribution is 2.10. The third kappa shape index (κ3) is 3.99. The molecule has 0 heterocycles. The van der Waals surface area contributed by atoms with Crippen molar-refractivity contribution in [3.63, 3.8) is 0 Å². The Kier molecular flexibility index (Phi) is 3.69. The summed E-state index contributed by atoms with van der Waals surface area (Å²) in [6.07, 6.45) is 0. The van der Waals surface area contributed by atoms with Gasteiger partial charge in [0.15, 0.2) is 0 Å². The van der Waals surface area contributed by atoms with Crippen molar-refractivity contribution in [3.8, 4) is 0 Å². The highest BCUT2D eigenvalue weighted by atomic mass is 32.2. The van der Waals surface area contributed by atoms with Gasteiger partial charge in [0.2, 0.25) is 0 Å². The molecule has 8 heavy (non-hydrogen) atoms. The zero-order valence-corrected chi connectivity index (χ0v) is 6.20. The number of rotatable bonds is 1. The fourth-order valence-corrected chi connectivity index (χ4v) is 1.09. The monoisotopic (exact) mass is 133 g/mol. The maximum absolute atomic E-state index is 8.15. The summed E-state index contributed by atoms with van der Waals surface area (Å²) in [6.45, 7) is 5.89. The molecular weight excluding hydrogens is 122 g/mol. The number of oxime groups is 1. The zero-order chi connectivity index (χ0) is 6.57. The Hall–Kier alpha value is -0.180. The number of hydrogen-bond acceptors (Lipinski definition) is 3. The maximum Gasteiger partial charge on any atom is 0.110 e. The molecule has 0 amide bonds. The summed E-state index contributed by atoms with van der Waals surface area (Å²) in [5, 5.41) is 12.4. The lowest BCUT2D eigenvalue weighted by Gasteiger charge is -1.99. The first-order valence-electron chi connectivity index (χ1n) is 2.52. The minimum atomic E-state index is 0.505. The van der Waals surface area contributed by atoms with Crippen LogP contribution in [0.5, 0.6) is 0 Å². The van der Waals surface area contributed by atoms with E-state index in [-0.39, 0.29) is 0 Å². The molecule has 0 aromatic carbocycles. The van der Waals surface area contributed by atoms with Crippen LogP contribution in [0.25, 0.3) is 0 Å². The quantitative estimate of drug-likeness (QED) is 0.256. The first-order chi connectivity index (χ1) is 3.66. The van der Waals surface area contributed by atoms with E-state index < -0.39 is 0 Å². The number of hydrogen-bond donors (Lipinski definition) is 1. The van der Waals surface area contributed by atoms with Gasteiger partial charge in [-0.3, -0.25) is 0 Å². The molecule has 0 saturated carbocycles. The van der Waals surface area contributed by atoms with Crippen LogP contribution in [0.1, 0.15) is 20.8 Å². The molecule has 1 N–H and O–H groups in total. The Labute approximate surface area is 54.0 Å². The largest absolute Gasteiger partial charge is 0.410 e. The lowest BCUT2D eigenvalue weighted by molar-refractivity contribution is 0.320. The molecular formula is C5H11NOS. The van der Waals surface area contributed by atoms with Crippen molar-refractivity contribution >= 4 is 16.8 Å². The van der Waals surface area contributed by atoms with Gasteiger partial charge in [0.1, 0.15) is 5.04 Å². The standard InChI is InChI=1S/C5H11NOS/c1-4(2)8-5(3)6-7/h4,7H,1-3H3/b6-5-. The third-order valence-electron chi connectivity index (χ3n) is 0.547. The fourth-order valence-electron chi connectivity index (χ4n) is 0.365. The Bertz CT molecular complexity index is 90.4. The van der Waals surface area contributed by atoms with E-state index in [0.29, 0.717) is 5.25 Å². The summed E-state index contributed by atoms with van der Waals surface area (Å²) >= 11 is 1.55. The Balaban J connectivity index is 3.39. The molecule has 0 aliphatic rings. The highest BCUT2D eigenvalue weighted by Gasteiger charge is 1.95. The van der Waals surface area contributed by atoms with Gasteiger partial charge in [-0.05, 0) is 6.92 Å². The van der Waals surface area contributed by atoms with Crippen LogP contribution in [-0.4, -0.2) is 15.5 Å². The Morgan fingerprint density at radius 3 is 2.25 bits per heavy atom. The van der Waals surface area contributed by atoms with E-state index in [1.807, 2.05) is 0 Å². The van der Waals surface area contributed by atoms with Crippen LogP contribution in [0, 0.1) is 0 Å². The molecule has 0 atom stereocenters. The van der Waals surface area contributed by atoms with Crippen LogP contribution in [0.15, 0.2) is 5.16 Å². The van der Waals surface area contributed by atoms with E-state index in [2.05, 4.69) is 19.0 Å². The van der Waals surface area contributed by atoms with E-state index in [9.17, 15) is 0 Å². The van der Waals surface area contributed by atoms with Crippen molar-refractivity contribution in [3.05, 3.63) is 0 Å². The van der Waals surface area contributed by atoms with Crippen LogP contribution in [0.2, 0.25) is 0 Å². The van der Waals surface area contributed by atoms with Gasteiger partial charge in [0, 0.05) is 5.25 Å². The molecule has 0 aromatic heterocycles. The molecule has 3 heteroatoms. The van der Waals surface area contributed by atoms with Gasteiger partial charge in [-0.2, -0.15) is 0 Å². The smallest absolute Gasteiger partial charge is 0.110 e. The molecule has 0 spiro atoms. The van der Waals surface area contributed by atoms with Crippen LogP contribution >= 0.6 is 11.8 Å². The van der Waals surface area contributed by atoms with E-state index in [1.165, 1.54) is 0 Å². The summed E-state index contributed by atoms with van der Waals surface area (Å²) in [5.41, 5.74) is 0. The second-order valence-corrected chi connectivity index (χ2v) is 3.55. The minimum Gasteiger partial charge on any atom is -0.410 e. The van der Waals surface area contributed by atoms with Crippen molar-refractivity contribution in [1.82, 2.24) is 0 Å². The number of nitrogens with zero attached hydrogens (tertiary/aromatic N) is 1. The van der Waals surface area contributed by atoms with Crippen LogP contribution < -0.4 is 0 Å². The Morgan fingerprint density at radius 1 is 1.62 bits per heavy atom. The Morgan fingerprint density at radius 2 is 2.12 bits per heavy atom. The summed E-state index contributed by atoms with van der Waals surface area (Å²) in [7, 11) is 0. The molecule has 0 saturated heterocycles. The van der Waals surface area contributed by atoms with Gasteiger partial charge >= 0.3 is 0 Å². The highest BCUT2D eigenvalue weighted by molar-refractivity contribution is 8.14. The lowest BCUT2D eigenvalue weighted by Crippen LogP contribution is -1.92. The molecule has 0 aliphatic heterocycles.